The Morgan fingerprint density at radius 2 is 2.39 bits per heavy atom. The van der Waals surface area contributed by atoms with Gasteiger partial charge in [0.25, 0.3) is 0 Å². The van der Waals surface area contributed by atoms with Gasteiger partial charge >= 0.3 is 0 Å². The van der Waals surface area contributed by atoms with E-state index in [1.54, 1.807) is 23.9 Å². The lowest BCUT2D eigenvalue weighted by Gasteiger charge is -2.14. The van der Waals surface area contributed by atoms with Crippen LogP contribution in [0.3, 0.4) is 0 Å². The predicted octanol–water partition coefficient (Wildman–Crippen LogP) is 2.44. The largest absolute Gasteiger partial charge is 0.380 e. The van der Waals surface area contributed by atoms with Crippen LogP contribution in [0, 0.1) is 5.82 Å². The smallest absolute Gasteiger partial charge is 0.241 e. The predicted molar refractivity (Wildman–Crippen MR) is 93.5 cm³/mol. The van der Waals surface area contributed by atoms with Gasteiger partial charge in [-0.3, -0.25) is 4.79 Å². The number of amides is 1. The van der Waals surface area contributed by atoms with Crippen molar-refractivity contribution in [2.45, 2.75) is 31.4 Å². The van der Waals surface area contributed by atoms with Crippen LogP contribution in [0.4, 0.5) is 15.8 Å². The maximum Gasteiger partial charge on any atom is 0.241 e. The second kappa shape index (κ2) is 9.10. The molecule has 0 aliphatic carbocycles. The molecule has 0 radical (unpaired) electrons. The zero-order valence-corrected chi connectivity index (χ0v) is 14.1. The summed E-state index contributed by atoms with van der Waals surface area (Å²) >= 11 is 1.64. The van der Waals surface area contributed by atoms with E-state index in [0.717, 1.165) is 25.2 Å². The lowest BCUT2D eigenvalue weighted by molar-refractivity contribution is -0.117. The zero-order chi connectivity index (χ0) is 16.7. The molecule has 23 heavy (non-hydrogen) atoms. The van der Waals surface area contributed by atoms with Gasteiger partial charge in [-0.1, -0.05) is 0 Å². The van der Waals surface area contributed by atoms with Crippen molar-refractivity contribution < 1.29 is 13.9 Å². The Morgan fingerprint density at radius 1 is 1.57 bits per heavy atom. The van der Waals surface area contributed by atoms with Crippen molar-refractivity contribution in [1.82, 2.24) is 0 Å². The minimum absolute atomic E-state index is 0.142. The third-order valence-electron chi connectivity index (χ3n) is 3.75. The van der Waals surface area contributed by atoms with Crippen LogP contribution in [0.2, 0.25) is 0 Å². The molecule has 2 atom stereocenters. The lowest BCUT2D eigenvalue weighted by atomic mass is 10.2. The summed E-state index contributed by atoms with van der Waals surface area (Å²) in [7, 11) is 0. The molecule has 1 aromatic carbocycles. The van der Waals surface area contributed by atoms with Crippen molar-refractivity contribution in [2.24, 2.45) is 5.73 Å². The molecule has 1 aromatic rings. The van der Waals surface area contributed by atoms with Crippen molar-refractivity contribution in [2.75, 3.05) is 35.8 Å². The summed E-state index contributed by atoms with van der Waals surface area (Å²) in [6, 6.07) is 4.01. The maximum absolute atomic E-state index is 14.1. The second-order valence-electron chi connectivity index (χ2n) is 5.59. The van der Waals surface area contributed by atoms with Gasteiger partial charge < -0.3 is 21.1 Å². The van der Waals surface area contributed by atoms with Gasteiger partial charge in [0.05, 0.1) is 17.8 Å². The third-order valence-corrected chi connectivity index (χ3v) is 4.39. The number of nitrogens with two attached hydrogens (primary N) is 1. The molecule has 7 heteroatoms. The molecule has 4 N–H and O–H groups in total. The van der Waals surface area contributed by atoms with Gasteiger partial charge in [0.1, 0.15) is 5.82 Å². The molecule has 5 nitrogen and oxygen atoms in total. The summed E-state index contributed by atoms with van der Waals surface area (Å²) in [5.74, 6) is 0.117. The van der Waals surface area contributed by atoms with Crippen LogP contribution in [0.15, 0.2) is 18.2 Å². The molecule has 1 fully saturated rings. The van der Waals surface area contributed by atoms with E-state index in [-0.39, 0.29) is 12.0 Å². The summed E-state index contributed by atoms with van der Waals surface area (Å²) < 4.78 is 19.6. The Hall–Kier alpha value is -1.31. The van der Waals surface area contributed by atoms with E-state index in [1.807, 2.05) is 6.26 Å². The van der Waals surface area contributed by atoms with Crippen LogP contribution < -0.4 is 16.4 Å². The van der Waals surface area contributed by atoms with Gasteiger partial charge in [0, 0.05) is 18.8 Å². The molecule has 0 saturated carbocycles. The first kappa shape index (κ1) is 18.0. The van der Waals surface area contributed by atoms with E-state index in [4.69, 9.17) is 10.5 Å². The number of carbonyl (C=O) groups excluding carboxylic acids is 1. The number of hydrogen-bond acceptors (Lipinski definition) is 5. The molecular formula is C16H24FN3O2S. The van der Waals surface area contributed by atoms with Crippen molar-refractivity contribution in [1.29, 1.82) is 0 Å². The average Bonchev–Trinajstić information content (AvgIpc) is 3.05. The molecule has 1 aliphatic rings. The second-order valence-corrected chi connectivity index (χ2v) is 6.57. The van der Waals surface area contributed by atoms with Gasteiger partial charge in [-0.25, -0.2) is 4.39 Å². The molecule has 0 spiro atoms. The fourth-order valence-electron chi connectivity index (χ4n) is 2.38. The topological polar surface area (TPSA) is 76.4 Å². The summed E-state index contributed by atoms with van der Waals surface area (Å²) in [6.45, 7) is 1.36. The van der Waals surface area contributed by atoms with Crippen LogP contribution in [0.1, 0.15) is 19.3 Å². The molecule has 0 bridgehead atoms. The first-order chi connectivity index (χ1) is 11.1. The highest BCUT2D eigenvalue weighted by molar-refractivity contribution is 7.98. The fraction of sp³-hybridized carbons (Fsp3) is 0.562. The van der Waals surface area contributed by atoms with Crippen molar-refractivity contribution in [3.05, 3.63) is 24.0 Å². The molecular weight excluding hydrogens is 317 g/mol. The van der Waals surface area contributed by atoms with E-state index >= 15 is 0 Å². The van der Waals surface area contributed by atoms with Gasteiger partial charge in [0.2, 0.25) is 5.91 Å². The monoisotopic (exact) mass is 341 g/mol. The SMILES string of the molecule is CSCC[C@H](N)C(=O)Nc1ccc(NCC2CCCO2)c(F)c1. The van der Waals surface area contributed by atoms with E-state index in [9.17, 15) is 9.18 Å². The average molecular weight is 341 g/mol. The van der Waals surface area contributed by atoms with E-state index in [1.165, 1.54) is 6.07 Å². The number of nitrogens with one attached hydrogen (secondary N) is 2. The highest BCUT2D eigenvalue weighted by atomic mass is 32.2. The lowest BCUT2D eigenvalue weighted by Crippen LogP contribution is -2.36. The Labute approximate surface area is 140 Å². The Bertz CT molecular complexity index is 524. The number of benzene rings is 1. The Morgan fingerprint density at radius 3 is 3.04 bits per heavy atom. The molecule has 1 saturated heterocycles. The first-order valence-electron chi connectivity index (χ1n) is 7.80. The van der Waals surface area contributed by atoms with Crippen molar-refractivity contribution in [3.63, 3.8) is 0 Å². The summed E-state index contributed by atoms with van der Waals surface area (Å²) in [6.07, 6.45) is 4.75. The van der Waals surface area contributed by atoms with Crippen LogP contribution >= 0.6 is 11.8 Å². The van der Waals surface area contributed by atoms with E-state index in [0.29, 0.717) is 24.3 Å². The van der Waals surface area contributed by atoms with Crippen LogP contribution in [0.5, 0.6) is 0 Å². The van der Waals surface area contributed by atoms with Gasteiger partial charge in [-0.15, -0.1) is 0 Å². The fourth-order valence-corrected chi connectivity index (χ4v) is 2.87. The number of ether oxygens (including phenoxy) is 1. The minimum atomic E-state index is -0.581. The van der Waals surface area contributed by atoms with E-state index in [2.05, 4.69) is 10.6 Å². The van der Waals surface area contributed by atoms with Crippen LogP contribution in [-0.4, -0.2) is 43.2 Å². The van der Waals surface area contributed by atoms with E-state index < -0.39 is 11.9 Å². The molecule has 128 valence electrons. The Kier molecular flexibility index (Phi) is 7.14. The molecule has 2 rings (SSSR count). The molecule has 1 heterocycles. The first-order valence-corrected chi connectivity index (χ1v) is 9.20. The minimum Gasteiger partial charge on any atom is -0.380 e. The van der Waals surface area contributed by atoms with Gasteiger partial charge in [-0.2, -0.15) is 11.8 Å². The molecule has 0 aromatic heterocycles. The number of halogens is 1. The number of hydrogen-bond donors (Lipinski definition) is 3. The summed E-state index contributed by atoms with van der Waals surface area (Å²) in [5, 5.41) is 5.70. The molecule has 1 amide bonds. The van der Waals surface area contributed by atoms with Crippen molar-refractivity contribution >= 4 is 29.0 Å². The standard InChI is InChI=1S/C16H24FN3O2S/c1-23-8-6-14(18)16(21)20-11-4-5-15(13(17)9-11)19-10-12-3-2-7-22-12/h4-5,9,12,14,19H,2-3,6-8,10,18H2,1H3,(H,20,21)/t12?,14-/m0/s1. The molecule has 1 unspecified atom stereocenters. The normalized spacial score (nSPS) is 18.7. The number of carbonyl (C=O) groups is 1. The molecule has 1 aliphatic heterocycles. The number of thioether (sulfide) groups is 1. The summed E-state index contributed by atoms with van der Waals surface area (Å²) in [5.41, 5.74) is 6.61. The van der Waals surface area contributed by atoms with Crippen molar-refractivity contribution in [3.8, 4) is 0 Å². The zero-order valence-electron chi connectivity index (χ0n) is 13.3. The van der Waals surface area contributed by atoms with Crippen LogP contribution in [0.25, 0.3) is 0 Å². The highest BCUT2D eigenvalue weighted by Crippen LogP contribution is 2.20. The van der Waals surface area contributed by atoms with Gasteiger partial charge in [0.15, 0.2) is 0 Å². The number of anilines is 2. The quantitative estimate of drug-likeness (QED) is 0.677. The summed E-state index contributed by atoms with van der Waals surface area (Å²) in [4.78, 5) is 11.9. The number of rotatable bonds is 8. The Balaban J connectivity index is 1.86. The van der Waals surface area contributed by atoms with Gasteiger partial charge in [-0.05, 0) is 49.5 Å². The maximum atomic E-state index is 14.1. The van der Waals surface area contributed by atoms with Crippen LogP contribution in [-0.2, 0) is 9.53 Å². The highest BCUT2D eigenvalue weighted by Gasteiger charge is 2.16. The third kappa shape index (κ3) is 5.67.